The Morgan fingerprint density at radius 3 is 1.61 bits per heavy atom. The van der Waals surface area contributed by atoms with Gasteiger partial charge in [-0.05, 0) is 95.4 Å². The van der Waals surface area contributed by atoms with Crippen molar-refractivity contribution in [3.63, 3.8) is 0 Å². The van der Waals surface area contributed by atoms with Gasteiger partial charge in [0.1, 0.15) is 0 Å². The van der Waals surface area contributed by atoms with Crippen molar-refractivity contribution >= 4 is 21.5 Å². The van der Waals surface area contributed by atoms with Crippen LogP contribution in [-0.4, -0.2) is 9.97 Å². The van der Waals surface area contributed by atoms with E-state index in [2.05, 4.69) is 214 Å². The molecular formula is C57H40N2. The number of rotatable bonds is 6. The highest BCUT2D eigenvalue weighted by molar-refractivity contribution is 6.05. The third kappa shape index (κ3) is 5.87. The first-order chi connectivity index (χ1) is 29.0. The third-order valence-electron chi connectivity index (χ3n) is 12.3. The summed E-state index contributed by atoms with van der Waals surface area (Å²) in [6.45, 7) is 4.75. The van der Waals surface area contributed by atoms with E-state index in [1.165, 1.54) is 60.7 Å². The maximum Gasteiger partial charge on any atom is 0.161 e. The molecule has 2 nitrogen and oxygen atoms in total. The van der Waals surface area contributed by atoms with E-state index < -0.39 is 0 Å². The van der Waals surface area contributed by atoms with Crippen LogP contribution >= 0.6 is 0 Å². The summed E-state index contributed by atoms with van der Waals surface area (Å²) >= 11 is 0. The second kappa shape index (κ2) is 13.9. The molecule has 0 atom stereocenters. The molecule has 2 heteroatoms. The molecule has 0 N–H and O–H groups in total. The highest BCUT2D eigenvalue weighted by Crippen LogP contribution is 2.52. The van der Waals surface area contributed by atoms with Crippen LogP contribution < -0.4 is 0 Å². The molecule has 0 amide bonds. The van der Waals surface area contributed by atoms with Gasteiger partial charge in [0.15, 0.2) is 5.82 Å². The first-order valence-electron chi connectivity index (χ1n) is 20.4. The molecule has 1 aliphatic carbocycles. The van der Waals surface area contributed by atoms with Crippen molar-refractivity contribution in [2.75, 3.05) is 0 Å². The average molecular weight is 753 g/mol. The van der Waals surface area contributed by atoms with Crippen molar-refractivity contribution in [3.05, 3.63) is 217 Å². The number of aromatic nitrogens is 2. The van der Waals surface area contributed by atoms with Gasteiger partial charge in [-0.1, -0.05) is 202 Å². The van der Waals surface area contributed by atoms with Gasteiger partial charge < -0.3 is 0 Å². The van der Waals surface area contributed by atoms with Crippen molar-refractivity contribution in [1.29, 1.82) is 0 Å². The zero-order valence-electron chi connectivity index (χ0n) is 33.0. The maximum atomic E-state index is 5.34. The molecule has 0 bridgehead atoms. The van der Waals surface area contributed by atoms with E-state index in [9.17, 15) is 0 Å². The van der Waals surface area contributed by atoms with Crippen LogP contribution in [0.1, 0.15) is 25.0 Å². The molecule has 0 aliphatic heterocycles. The molecular weight excluding hydrogens is 713 g/mol. The van der Waals surface area contributed by atoms with Gasteiger partial charge in [0.2, 0.25) is 0 Å². The summed E-state index contributed by atoms with van der Waals surface area (Å²) in [4.78, 5) is 10.6. The Labute approximate surface area is 345 Å². The van der Waals surface area contributed by atoms with Gasteiger partial charge in [-0.3, -0.25) is 0 Å². The van der Waals surface area contributed by atoms with E-state index in [4.69, 9.17) is 9.97 Å². The van der Waals surface area contributed by atoms with Crippen LogP contribution in [0.2, 0.25) is 0 Å². The standard InChI is InChI=1S/C57H40N2/c1-57(2)52-35-42(30-31-48(52)50-32-29-39-17-9-10-21-45(39)55(50)57)37-25-27-40(28-26-37)44-33-34-51(47-23-13-12-22-46(44)47)56-58-53(41-18-7-4-8-19-41)36-54(59-56)49-24-14-11-20-43(49)38-15-5-3-6-16-38/h3-36H,1-2H3. The Bertz CT molecular complexity index is 3220. The Hall–Kier alpha value is -7.42. The van der Waals surface area contributed by atoms with Crippen LogP contribution in [0.5, 0.6) is 0 Å². The third-order valence-corrected chi connectivity index (χ3v) is 12.3. The summed E-state index contributed by atoms with van der Waals surface area (Å²) in [5, 5.41) is 4.93. The predicted molar refractivity (Wildman–Crippen MR) is 247 cm³/mol. The molecule has 11 rings (SSSR count). The highest BCUT2D eigenvalue weighted by Gasteiger charge is 2.37. The smallest absolute Gasteiger partial charge is 0.161 e. The average Bonchev–Trinajstić information content (AvgIpc) is 3.54. The van der Waals surface area contributed by atoms with Crippen LogP contribution in [0.15, 0.2) is 206 Å². The summed E-state index contributed by atoms with van der Waals surface area (Å²) in [5.74, 6) is 0.706. The summed E-state index contributed by atoms with van der Waals surface area (Å²) in [6.07, 6.45) is 0. The van der Waals surface area contributed by atoms with Crippen molar-refractivity contribution < 1.29 is 0 Å². The lowest BCUT2D eigenvalue weighted by molar-refractivity contribution is 0.666. The molecule has 1 aliphatic rings. The van der Waals surface area contributed by atoms with Gasteiger partial charge in [0, 0.05) is 22.1 Å². The molecule has 0 unspecified atom stereocenters. The number of nitrogens with zero attached hydrogens (tertiary/aromatic N) is 2. The van der Waals surface area contributed by atoms with E-state index >= 15 is 0 Å². The molecule has 278 valence electrons. The zero-order valence-corrected chi connectivity index (χ0v) is 33.0. The Morgan fingerprint density at radius 1 is 0.322 bits per heavy atom. The Kier molecular flexibility index (Phi) is 8.20. The summed E-state index contributed by atoms with van der Waals surface area (Å²) in [6, 6.07) is 74.2. The lowest BCUT2D eigenvalue weighted by Crippen LogP contribution is -2.15. The molecule has 10 aromatic rings. The monoisotopic (exact) mass is 752 g/mol. The molecule has 1 heterocycles. The number of fused-ring (bicyclic) bond motifs is 6. The molecule has 0 saturated heterocycles. The van der Waals surface area contributed by atoms with Gasteiger partial charge >= 0.3 is 0 Å². The predicted octanol–water partition coefficient (Wildman–Crippen LogP) is 15.1. The maximum absolute atomic E-state index is 5.34. The van der Waals surface area contributed by atoms with E-state index in [1.54, 1.807) is 0 Å². The second-order valence-corrected chi connectivity index (χ2v) is 16.1. The van der Waals surface area contributed by atoms with E-state index in [0.717, 1.165) is 44.6 Å². The van der Waals surface area contributed by atoms with Crippen molar-refractivity contribution in [2.24, 2.45) is 0 Å². The fourth-order valence-corrected chi connectivity index (χ4v) is 9.41. The Balaban J connectivity index is 0.983. The highest BCUT2D eigenvalue weighted by atomic mass is 14.9. The molecule has 0 fully saturated rings. The van der Waals surface area contributed by atoms with E-state index in [1.807, 2.05) is 6.07 Å². The number of hydrogen-bond donors (Lipinski definition) is 0. The molecule has 0 radical (unpaired) electrons. The molecule has 1 aromatic heterocycles. The lowest BCUT2D eigenvalue weighted by atomic mass is 9.79. The molecule has 0 spiro atoms. The summed E-state index contributed by atoms with van der Waals surface area (Å²) < 4.78 is 0. The van der Waals surface area contributed by atoms with Crippen LogP contribution in [0.3, 0.4) is 0 Å². The van der Waals surface area contributed by atoms with E-state index in [-0.39, 0.29) is 5.41 Å². The van der Waals surface area contributed by atoms with Crippen molar-refractivity contribution in [3.8, 4) is 78.4 Å². The van der Waals surface area contributed by atoms with Gasteiger partial charge in [0.25, 0.3) is 0 Å². The first-order valence-corrected chi connectivity index (χ1v) is 20.4. The van der Waals surface area contributed by atoms with Gasteiger partial charge in [-0.2, -0.15) is 0 Å². The minimum atomic E-state index is -0.0987. The van der Waals surface area contributed by atoms with Gasteiger partial charge in [-0.25, -0.2) is 9.97 Å². The van der Waals surface area contributed by atoms with Crippen molar-refractivity contribution in [2.45, 2.75) is 19.3 Å². The van der Waals surface area contributed by atoms with Crippen LogP contribution in [0, 0.1) is 0 Å². The van der Waals surface area contributed by atoms with E-state index in [0.29, 0.717) is 5.82 Å². The zero-order chi connectivity index (χ0) is 39.5. The minimum absolute atomic E-state index is 0.0987. The molecule has 9 aromatic carbocycles. The quantitative estimate of drug-likeness (QED) is 0.169. The van der Waals surface area contributed by atoms with Crippen LogP contribution in [-0.2, 0) is 5.41 Å². The topological polar surface area (TPSA) is 25.8 Å². The normalized spacial score (nSPS) is 12.7. The fraction of sp³-hybridized carbons (Fsp3) is 0.0526. The summed E-state index contributed by atoms with van der Waals surface area (Å²) in [5.41, 5.74) is 17.4. The van der Waals surface area contributed by atoms with Crippen LogP contribution in [0.25, 0.3) is 100.0 Å². The largest absolute Gasteiger partial charge is 0.228 e. The number of benzene rings is 9. The SMILES string of the molecule is CC1(C)c2cc(-c3ccc(-c4ccc(-c5nc(-c6ccccc6)cc(-c6ccccc6-c6ccccc6)n5)c5ccccc45)cc3)ccc2-c2ccc3ccccc3c21. The first kappa shape index (κ1) is 34.8. The van der Waals surface area contributed by atoms with Gasteiger partial charge in [0.05, 0.1) is 11.4 Å². The number of hydrogen-bond acceptors (Lipinski definition) is 2. The summed E-state index contributed by atoms with van der Waals surface area (Å²) in [7, 11) is 0. The fourth-order valence-electron chi connectivity index (χ4n) is 9.41. The molecule has 59 heavy (non-hydrogen) atoms. The minimum Gasteiger partial charge on any atom is -0.228 e. The van der Waals surface area contributed by atoms with Crippen molar-refractivity contribution in [1.82, 2.24) is 9.97 Å². The lowest BCUT2D eigenvalue weighted by Gasteiger charge is -2.23. The second-order valence-electron chi connectivity index (χ2n) is 16.1. The molecule has 0 saturated carbocycles. The van der Waals surface area contributed by atoms with Crippen LogP contribution in [0.4, 0.5) is 0 Å². The Morgan fingerprint density at radius 2 is 0.847 bits per heavy atom. The van der Waals surface area contributed by atoms with Gasteiger partial charge in [-0.15, -0.1) is 0 Å².